The first kappa shape index (κ1) is 15.6. The number of carbonyl (C=O) groups is 1. The Morgan fingerprint density at radius 2 is 1.86 bits per heavy atom. The number of nitrogens with one attached hydrogen (secondary N) is 2. The number of carbonyl (C=O) groups excluding carboxylic acids is 1. The van der Waals surface area contributed by atoms with E-state index in [0.29, 0.717) is 13.0 Å². The summed E-state index contributed by atoms with van der Waals surface area (Å²) in [5, 5.41) is 5.36. The van der Waals surface area contributed by atoms with Crippen LogP contribution >= 0.6 is 0 Å². The number of halogens is 1. The maximum absolute atomic E-state index is 13.0. The molecule has 0 saturated carbocycles. The minimum atomic E-state index is -0.279. The van der Waals surface area contributed by atoms with Crippen molar-refractivity contribution in [2.24, 2.45) is 0 Å². The van der Waals surface area contributed by atoms with Crippen molar-refractivity contribution in [2.45, 2.75) is 6.42 Å². The lowest BCUT2D eigenvalue weighted by molar-refractivity contribution is 0.242. The summed E-state index contributed by atoms with van der Waals surface area (Å²) in [5.74, 6) is 5.57. The molecule has 2 aromatic carbocycles. The fourth-order valence-electron chi connectivity index (χ4n) is 1.87. The van der Waals surface area contributed by atoms with Crippen LogP contribution in [0.2, 0.25) is 0 Å². The maximum atomic E-state index is 13.0. The fourth-order valence-corrected chi connectivity index (χ4v) is 1.87. The maximum Gasteiger partial charge on any atom is 0.315 e. The molecule has 22 heavy (non-hydrogen) atoms. The Bertz CT molecular complexity index is 674. The first-order valence-electron chi connectivity index (χ1n) is 7.04. The molecule has 0 aliphatic carbocycles. The van der Waals surface area contributed by atoms with E-state index < -0.39 is 0 Å². The Balaban J connectivity index is 1.65. The van der Waals surface area contributed by atoms with Gasteiger partial charge in [0, 0.05) is 12.1 Å². The monoisotopic (exact) mass is 296 g/mol. The zero-order valence-electron chi connectivity index (χ0n) is 12.1. The predicted octanol–water partition coefficient (Wildman–Crippen LogP) is 2.72. The van der Waals surface area contributed by atoms with E-state index in [0.717, 1.165) is 11.1 Å². The summed E-state index contributed by atoms with van der Waals surface area (Å²) in [6, 6.07) is 15.6. The summed E-state index contributed by atoms with van der Waals surface area (Å²) in [5.41, 5.74) is 1.76. The average molecular weight is 296 g/mol. The molecule has 0 spiro atoms. The van der Waals surface area contributed by atoms with Crippen LogP contribution in [0.25, 0.3) is 0 Å². The molecule has 0 aliphatic heterocycles. The summed E-state index contributed by atoms with van der Waals surface area (Å²) < 4.78 is 13.0. The highest BCUT2D eigenvalue weighted by atomic mass is 19.1. The Kier molecular flexibility index (Phi) is 6.01. The van der Waals surface area contributed by atoms with Gasteiger partial charge in [0.1, 0.15) is 5.82 Å². The summed E-state index contributed by atoms with van der Waals surface area (Å²) in [4.78, 5) is 11.5. The van der Waals surface area contributed by atoms with Crippen molar-refractivity contribution in [1.29, 1.82) is 0 Å². The van der Waals surface area contributed by atoms with Crippen LogP contribution in [0.1, 0.15) is 11.1 Å². The first-order chi connectivity index (χ1) is 10.7. The van der Waals surface area contributed by atoms with Gasteiger partial charge in [-0.15, -0.1) is 0 Å². The van der Waals surface area contributed by atoms with E-state index in [1.165, 1.54) is 12.1 Å². The first-order valence-corrected chi connectivity index (χ1v) is 7.04. The van der Waals surface area contributed by atoms with E-state index >= 15 is 0 Å². The van der Waals surface area contributed by atoms with E-state index in [1.807, 2.05) is 36.4 Å². The van der Waals surface area contributed by atoms with E-state index in [1.54, 1.807) is 6.07 Å². The van der Waals surface area contributed by atoms with Crippen molar-refractivity contribution < 1.29 is 9.18 Å². The third-order valence-corrected chi connectivity index (χ3v) is 2.93. The van der Waals surface area contributed by atoms with Gasteiger partial charge in [-0.3, -0.25) is 0 Å². The van der Waals surface area contributed by atoms with Crippen molar-refractivity contribution >= 4 is 6.03 Å². The van der Waals surface area contributed by atoms with Crippen molar-refractivity contribution in [2.75, 3.05) is 13.1 Å². The van der Waals surface area contributed by atoms with Crippen LogP contribution in [0.3, 0.4) is 0 Å². The largest absolute Gasteiger partial charge is 0.338 e. The van der Waals surface area contributed by atoms with Gasteiger partial charge in [0.15, 0.2) is 0 Å². The molecule has 4 heteroatoms. The van der Waals surface area contributed by atoms with Gasteiger partial charge in [-0.25, -0.2) is 9.18 Å². The van der Waals surface area contributed by atoms with Crippen LogP contribution < -0.4 is 10.6 Å². The minimum Gasteiger partial charge on any atom is -0.338 e. The number of amides is 2. The van der Waals surface area contributed by atoms with Crippen LogP contribution in [-0.2, 0) is 6.42 Å². The third-order valence-electron chi connectivity index (χ3n) is 2.93. The number of benzene rings is 2. The summed E-state index contributed by atoms with van der Waals surface area (Å²) in [7, 11) is 0. The summed E-state index contributed by atoms with van der Waals surface area (Å²) in [6.07, 6.45) is 0.584. The Morgan fingerprint density at radius 1 is 1.05 bits per heavy atom. The van der Waals surface area contributed by atoms with Crippen molar-refractivity contribution in [3.63, 3.8) is 0 Å². The zero-order valence-corrected chi connectivity index (χ0v) is 12.1. The lowest BCUT2D eigenvalue weighted by Gasteiger charge is -2.05. The number of rotatable bonds is 4. The highest BCUT2D eigenvalue weighted by Crippen LogP contribution is 2.03. The molecule has 2 rings (SSSR count). The number of hydrogen-bond acceptors (Lipinski definition) is 1. The second-order valence-corrected chi connectivity index (χ2v) is 4.66. The molecule has 0 bridgehead atoms. The molecule has 3 nitrogen and oxygen atoms in total. The van der Waals surface area contributed by atoms with Crippen LogP contribution in [0.15, 0.2) is 54.6 Å². The SMILES string of the molecule is O=C(NCC#Cc1ccccc1)NCCc1cccc(F)c1. The van der Waals surface area contributed by atoms with Gasteiger partial charge in [0.2, 0.25) is 0 Å². The predicted molar refractivity (Wildman–Crippen MR) is 84.8 cm³/mol. The second kappa shape index (κ2) is 8.48. The fraction of sp³-hybridized carbons (Fsp3) is 0.167. The minimum absolute atomic E-state index is 0.266. The topological polar surface area (TPSA) is 41.1 Å². The summed E-state index contributed by atoms with van der Waals surface area (Å²) in [6.45, 7) is 0.724. The van der Waals surface area contributed by atoms with Gasteiger partial charge in [-0.2, -0.15) is 0 Å². The molecule has 0 heterocycles. The third kappa shape index (κ3) is 5.68. The van der Waals surface area contributed by atoms with Gasteiger partial charge < -0.3 is 10.6 Å². The molecular formula is C18H17FN2O. The smallest absolute Gasteiger partial charge is 0.315 e. The van der Waals surface area contributed by atoms with Crippen LogP contribution in [0.4, 0.5) is 9.18 Å². The van der Waals surface area contributed by atoms with E-state index in [-0.39, 0.29) is 18.4 Å². The molecule has 0 saturated heterocycles. The second-order valence-electron chi connectivity index (χ2n) is 4.66. The highest BCUT2D eigenvalue weighted by molar-refractivity contribution is 5.74. The molecule has 0 unspecified atom stereocenters. The van der Waals surface area contributed by atoms with E-state index in [4.69, 9.17) is 0 Å². The van der Waals surface area contributed by atoms with Crippen molar-refractivity contribution in [1.82, 2.24) is 10.6 Å². The Hall–Kier alpha value is -2.80. The van der Waals surface area contributed by atoms with Crippen molar-refractivity contribution in [3.05, 3.63) is 71.5 Å². The highest BCUT2D eigenvalue weighted by Gasteiger charge is 1.99. The van der Waals surface area contributed by atoms with Gasteiger partial charge >= 0.3 is 6.03 Å². The standard InChI is InChI=1S/C18H17FN2O/c19-17-10-4-8-16(14-17)11-13-21-18(22)20-12-5-9-15-6-2-1-3-7-15/h1-4,6-8,10,14H,11-13H2,(H2,20,21,22). The molecule has 0 atom stereocenters. The average Bonchev–Trinajstić information content (AvgIpc) is 2.53. The van der Waals surface area contributed by atoms with Gasteiger partial charge in [0.25, 0.3) is 0 Å². The van der Waals surface area contributed by atoms with E-state index in [2.05, 4.69) is 22.5 Å². The molecule has 0 radical (unpaired) electrons. The number of urea groups is 1. The molecule has 0 aromatic heterocycles. The lowest BCUT2D eigenvalue weighted by atomic mass is 10.1. The Morgan fingerprint density at radius 3 is 2.64 bits per heavy atom. The normalized spacial score (nSPS) is 9.50. The quantitative estimate of drug-likeness (QED) is 0.837. The Labute approximate surface area is 129 Å². The van der Waals surface area contributed by atoms with Gasteiger partial charge in [0.05, 0.1) is 6.54 Å². The number of hydrogen-bond donors (Lipinski definition) is 2. The van der Waals surface area contributed by atoms with Crippen LogP contribution in [-0.4, -0.2) is 19.1 Å². The van der Waals surface area contributed by atoms with E-state index in [9.17, 15) is 9.18 Å². The van der Waals surface area contributed by atoms with Gasteiger partial charge in [-0.05, 0) is 36.2 Å². The van der Waals surface area contributed by atoms with Crippen LogP contribution in [0.5, 0.6) is 0 Å². The molecule has 2 amide bonds. The molecule has 0 fully saturated rings. The molecule has 2 N–H and O–H groups in total. The van der Waals surface area contributed by atoms with Crippen molar-refractivity contribution in [3.8, 4) is 11.8 Å². The molecular weight excluding hydrogens is 279 g/mol. The molecule has 2 aromatic rings. The molecule has 0 aliphatic rings. The zero-order chi connectivity index (χ0) is 15.6. The van der Waals surface area contributed by atoms with Gasteiger partial charge in [-0.1, -0.05) is 42.2 Å². The summed E-state index contributed by atoms with van der Waals surface area (Å²) >= 11 is 0. The molecule has 112 valence electrons. The lowest BCUT2D eigenvalue weighted by Crippen LogP contribution is -2.36. The van der Waals surface area contributed by atoms with Crippen LogP contribution in [0, 0.1) is 17.7 Å².